The maximum atomic E-state index is 4.78. The molecule has 128 valence electrons. The second-order valence-electron chi connectivity index (χ2n) is 7.45. The maximum absolute atomic E-state index is 4.78. The summed E-state index contributed by atoms with van der Waals surface area (Å²) >= 11 is 0. The molecule has 0 bridgehead atoms. The van der Waals surface area contributed by atoms with E-state index in [9.17, 15) is 0 Å². The lowest BCUT2D eigenvalue weighted by Crippen LogP contribution is -2.35. The summed E-state index contributed by atoms with van der Waals surface area (Å²) in [5.41, 5.74) is 7.35. The zero-order valence-electron chi connectivity index (χ0n) is 15.6. The highest BCUT2D eigenvalue weighted by Gasteiger charge is 2.24. The molecule has 0 radical (unpaired) electrons. The van der Waals surface area contributed by atoms with Crippen molar-refractivity contribution in [2.45, 2.75) is 26.7 Å². The highest BCUT2D eigenvalue weighted by Crippen LogP contribution is 2.37. The van der Waals surface area contributed by atoms with Crippen LogP contribution in [0, 0.1) is 6.92 Å². The van der Waals surface area contributed by atoms with Crippen molar-refractivity contribution in [3.63, 3.8) is 0 Å². The Kier molecular flexibility index (Phi) is 3.11. The molecule has 0 atom stereocenters. The van der Waals surface area contributed by atoms with Crippen molar-refractivity contribution in [2.75, 3.05) is 0 Å². The van der Waals surface area contributed by atoms with Gasteiger partial charge in [-0.15, -0.1) is 9.20 Å². The minimum Gasteiger partial charge on any atom is -0.247 e. The lowest BCUT2D eigenvalue weighted by atomic mass is 9.93. The Balaban J connectivity index is 2.27. The number of aryl methyl sites for hydroxylation is 2. The van der Waals surface area contributed by atoms with Gasteiger partial charge in [0.25, 0.3) is 5.52 Å². The van der Waals surface area contributed by atoms with Crippen LogP contribution in [0.15, 0.2) is 54.7 Å². The van der Waals surface area contributed by atoms with Gasteiger partial charge in [0.05, 0.1) is 0 Å². The van der Waals surface area contributed by atoms with Gasteiger partial charge >= 0.3 is 0 Å². The molecular formula is C23H22N3+. The lowest BCUT2D eigenvalue weighted by molar-refractivity contribution is -0.711. The second-order valence-corrected chi connectivity index (χ2v) is 7.45. The first kappa shape index (κ1) is 15.3. The Bertz CT molecular complexity index is 1330. The predicted molar refractivity (Wildman–Crippen MR) is 108 cm³/mol. The van der Waals surface area contributed by atoms with Gasteiger partial charge in [0.15, 0.2) is 12.6 Å². The van der Waals surface area contributed by atoms with Crippen molar-refractivity contribution < 1.29 is 4.68 Å². The molecule has 5 aromatic rings. The van der Waals surface area contributed by atoms with Gasteiger partial charge < -0.3 is 0 Å². The lowest BCUT2D eigenvalue weighted by Gasteiger charge is -2.14. The number of aromatic nitrogens is 3. The van der Waals surface area contributed by atoms with E-state index in [0.717, 1.165) is 11.0 Å². The van der Waals surface area contributed by atoms with E-state index in [-0.39, 0.29) is 0 Å². The minimum absolute atomic E-state index is 0.448. The fourth-order valence-electron chi connectivity index (χ4n) is 4.38. The van der Waals surface area contributed by atoms with Crippen LogP contribution in [0.4, 0.5) is 0 Å². The van der Waals surface area contributed by atoms with Gasteiger partial charge in [-0.25, -0.2) is 4.98 Å². The number of nitrogens with zero attached hydrogens (tertiary/aromatic N) is 3. The largest absolute Gasteiger partial charge is 0.257 e. The molecule has 3 heteroatoms. The average Bonchev–Trinajstić information content (AvgIpc) is 2.95. The van der Waals surface area contributed by atoms with Crippen LogP contribution < -0.4 is 4.68 Å². The van der Waals surface area contributed by atoms with Crippen LogP contribution >= 0.6 is 0 Å². The van der Waals surface area contributed by atoms with Gasteiger partial charge in [-0.3, -0.25) is 0 Å². The molecule has 5 rings (SSSR count). The summed E-state index contributed by atoms with van der Waals surface area (Å²) in [7, 11) is 2.13. The van der Waals surface area contributed by atoms with Crippen LogP contribution in [0.3, 0.4) is 0 Å². The van der Waals surface area contributed by atoms with Crippen LogP contribution in [0.2, 0.25) is 0 Å². The topological polar surface area (TPSA) is 21.2 Å². The van der Waals surface area contributed by atoms with Crippen LogP contribution in [0.5, 0.6) is 0 Å². The van der Waals surface area contributed by atoms with Crippen molar-refractivity contribution >= 4 is 38.2 Å². The van der Waals surface area contributed by atoms with Crippen molar-refractivity contribution in [2.24, 2.45) is 7.05 Å². The molecule has 0 saturated heterocycles. The molecule has 2 aromatic carbocycles. The number of benzene rings is 2. The Hall–Kier alpha value is -2.94. The van der Waals surface area contributed by atoms with E-state index < -0.39 is 0 Å². The van der Waals surface area contributed by atoms with E-state index in [0.29, 0.717) is 5.92 Å². The molecule has 0 aliphatic rings. The SMILES string of the molecule is Cc1cccc2c3cccc(C(C)C)c3c3c4ncccc4[n+](C)n3c12. The molecule has 3 heterocycles. The number of para-hydroxylation sites is 1. The zero-order valence-corrected chi connectivity index (χ0v) is 15.6. The van der Waals surface area contributed by atoms with Gasteiger partial charge in [0, 0.05) is 23.0 Å². The van der Waals surface area contributed by atoms with Gasteiger partial charge in [-0.2, -0.15) is 0 Å². The Labute approximate surface area is 152 Å². The molecule has 0 fully saturated rings. The summed E-state index contributed by atoms with van der Waals surface area (Å²) < 4.78 is 4.60. The van der Waals surface area contributed by atoms with Gasteiger partial charge in [0.1, 0.15) is 11.0 Å². The molecular weight excluding hydrogens is 318 g/mol. The molecule has 3 nitrogen and oxygen atoms in total. The molecule has 0 N–H and O–H groups in total. The van der Waals surface area contributed by atoms with Crippen LogP contribution in [0.25, 0.3) is 38.2 Å². The Morgan fingerprint density at radius 3 is 2.50 bits per heavy atom. The van der Waals surface area contributed by atoms with Gasteiger partial charge in [-0.05, 0) is 35.4 Å². The van der Waals surface area contributed by atoms with Crippen molar-refractivity contribution in [3.05, 3.63) is 65.9 Å². The standard InChI is InChI=1S/C23H22N3/c1-14(2)16-9-6-10-17-18-11-5-8-15(3)22(18)26-23(20(16)17)21-19(25(26)4)12-7-13-24-21/h5-14H,1-4H3/q+1. The van der Waals surface area contributed by atoms with E-state index in [1.54, 1.807) is 0 Å². The number of pyridine rings is 2. The van der Waals surface area contributed by atoms with Crippen molar-refractivity contribution in [1.29, 1.82) is 0 Å². The summed E-state index contributed by atoms with van der Waals surface area (Å²) in [5, 5.41) is 3.93. The predicted octanol–water partition coefficient (Wildman–Crippen LogP) is 5.05. The monoisotopic (exact) mass is 340 g/mol. The van der Waals surface area contributed by atoms with E-state index in [4.69, 9.17) is 4.98 Å². The van der Waals surface area contributed by atoms with E-state index in [1.165, 1.54) is 38.3 Å². The summed E-state index contributed by atoms with van der Waals surface area (Å²) in [6.45, 7) is 6.73. The van der Waals surface area contributed by atoms with Gasteiger partial charge in [0.2, 0.25) is 0 Å². The third-order valence-corrected chi connectivity index (χ3v) is 5.57. The number of fused-ring (bicyclic) bond motifs is 8. The van der Waals surface area contributed by atoms with E-state index in [1.807, 2.05) is 12.3 Å². The van der Waals surface area contributed by atoms with Crippen molar-refractivity contribution in [3.8, 4) is 0 Å². The second kappa shape index (κ2) is 5.28. The Morgan fingerprint density at radius 2 is 1.69 bits per heavy atom. The third kappa shape index (κ3) is 1.83. The molecule has 0 aliphatic carbocycles. The molecule has 3 aromatic heterocycles. The highest BCUT2D eigenvalue weighted by atomic mass is 15.4. The first-order valence-electron chi connectivity index (χ1n) is 9.19. The number of hydrogen-bond donors (Lipinski definition) is 0. The van der Waals surface area contributed by atoms with E-state index >= 15 is 0 Å². The molecule has 0 aliphatic heterocycles. The zero-order chi connectivity index (χ0) is 18.0. The maximum Gasteiger partial charge on any atom is 0.257 e. The first-order chi connectivity index (χ1) is 12.6. The van der Waals surface area contributed by atoms with Crippen molar-refractivity contribution in [1.82, 2.24) is 9.50 Å². The van der Waals surface area contributed by atoms with Crippen LogP contribution in [-0.4, -0.2) is 9.50 Å². The molecule has 0 unspecified atom stereocenters. The first-order valence-corrected chi connectivity index (χ1v) is 9.19. The molecule has 0 saturated carbocycles. The fraction of sp³-hybridized carbons (Fsp3) is 0.217. The summed E-state index contributed by atoms with van der Waals surface area (Å²) in [4.78, 5) is 4.78. The smallest absolute Gasteiger partial charge is 0.247 e. The molecule has 26 heavy (non-hydrogen) atoms. The number of hydrogen-bond acceptors (Lipinski definition) is 1. The minimum atomic E-state index is 0.448. The molecule has 0 spiro atoms. The summed E-state index contributed by atoms with van der Waals surface area (Å²) in [6, 6.07) is 17.5. The highest BCUT2D eigenvalue weighted by molar-refractivity contribution is 6.18. The number of rotatable bonds is 1. The van der Waals surface area contributed by atoms with E-state index in [2.05, 4.69) is 79.5 Å². The van der Waals surface area contributed by atoms with Crippen LogP contribution in [0.1, 0.15) is 30.9 Å². The third-order valence-electron chi connectivity index (χ3n) is 5.57. The normalized spacial score (nSPS) is 12.2. The average molecular weight is 340 g/mol. The summed E-state index contributed by atoms with van der Waals surface area (Å²) in [6.07, 6.45) is 1.90. The quantitative estimate of drug-likeness (QED) is 0.309. The fourth-order valence-corrected chi connectivity index (χ4v) is 4.38. The molecule has 0 amide bonds. The summed E-state index contributed by atoms with van der Waals surface area (Å²) in [5.74, 6) is 0.448. The Morgan fingerprint density at radius 1 is 0.923 bits per heavy atom. The van der Waals surface area contributed by atoms with Crippen LogP contribution in [-0.2, 0) is 7.05 Å². The van der Waals surface area contributed by atoms with Gasteiger partial charge in [-0.1, -0.05) is 50.2 Å².